The lowest BCUT2D eigenvalue weighted by atomic mass is 9.69. The first kappa shape index (κ1) is 21.0. The van der Waals surface area contributed by atoms with Gasteiger partial charge >= 0.3 is 5.97 Å². The number of rotatable bonds is 6. The molecule has 2 aliphatic rings. The molecule has 0 unspecified atom stereocenters. The molecular formula is C23H26ClNO5. The molecule has 1 fully saturated rings. The molecule has 160 valence electrons. The number of aryl methyl sites for hydroxylation is 1. The number of halogens is 1. The molecular weight excluding hydrogens is 406 g/mol. The summed E-state index contributed by atoms with van der Waals surface area (Å²) in [6.07, 6.45) is 2.42. The van der Waals surface area contributed by atoms with Crippen LogP contribution in [0.5, 0.6) is 5.75 Å². The molecule has 1 aliphatic carbocycles. The fourth-order valence-electron chi connectivity index (χ4n) is 4.35. The maximum atomic E-state index is 11.9. The Hall–Kier alpha value is -2.28. The van der Waals surface area contributed by atoms with E-state index in [-0.39, 0.29) is 0 Å². The van der Waals surface area contributed by atoms with Crippen LogP contribution >= 0.6 is 11.6 Å². The van der Waals surface area contributed by atoms with Crippen LogP contribution < -0.4 is 10.5 Å². The van der Waals surface area contributed by atoms with Gasteiger partial charge in [0.1, 0.15) is 12.4 Å². The summed E-state index contributed by atoms with van der Waals surface area (Å²) in [5.41, 5.74) is 8.84. The zero-order chi connectivity index (χ0) is 21.1. The first-order chi connectivity index (χ1) is 14.5. The summed E-state index contributed by atoms with van der Waals surface area (Å²) >= 11 is 6.24. The second kappa shape index (κ2) is 8.84. The predicted octanol–water partition coefficient (Wildman–Crippen LogP) is 4.12. The Labute approximate surface area is 181 Å². The minimum absolute atomic E-state index is 0.310. The summed E-state index contributed by atoms with van der Waals surface area (Å²) in [5, 5.41) is 0.720. The molecule has 0 bridgehead atoms. The van der Waals surface area contributed by atoms with Gasteiger partial charge in [0.2, 0.25) is 0 Å². The van der Waals surface area contributed by atoms with E-state index in [0.29, 0.717) is 43.4 Å². The van der Waals surface area contributed by atoms with Crippen LogP contribution in [0, 0.1) is 0 Å². The number of hydrogen-bond donors (Lipinski definition) is 1. The van der Waals surface area contributed by atoms with Crippen LogP contribution in [0.1, 0.15) is 41.3 Å². The van der Waals surface area contributed by atoms with Gasteiger partial charge in [0, 0.05) is 5.02 Å². The van der Waals surface area contributed by atoms with E-state index >= 15 is 0 Å². The fraction of sp³-hybridized carbons (Fsp3) is 0.435. The van der Waals surface area contributed by atoms with Gasteiger partial charge in [-0.15, -0.1) is 0 Å². The van der Waals surface area contributed by atoms with Crippen LogP contribution in [0.4, 0.5) is 5.69 Å². The Morgan fingerprint density at radius 3 is 2.77 bits per heavy atom. The topological polar surface area (TPSA) is 80.0 Å². The van der Waals surface area contributed by atoms with Gasteiger partial charge in [-0.25, -0.2) is 4.79 Å². The molecule has 0 aromatic heterocycles. The molecule has 7 heteroatoms. The van der Waals surface area contributed by atoms with Crippen LogP contribution in [0.15, 0.2) is 36.4 Å². The highest BCUT2D eigenvalue weighted by Crippen LogP contribution is 2.44. The van der Waals surface area contributed by atoms with E-state index in [9.17, 15) is 4.79 Å². The van der Waals surface area contributed by atoms with E-state index in [1.807, 2.05) is 12.1 Å². The van der Waals surface area contributed by atoms with E-state index in [4.69, 9.17) is 36.3 Å². The molecule has 6 nitrogen and oxygen atoms in total. The van der Waals surface area contributed by atoms with E-state index in [0.717, 1.165) is 29.8 Å². The average molecular weight is 432 g/mol. The van der Waals surface area contributed by atoms with Crippen LogP contribution in [0.25, 0.3) is 0 Å². The monoisotopic (exact) mass is 431 g/mol. The van der Waals surface area contributed by atoms with Gasteiger partial charge in [0.25, 0.3) is 0 Å². The number of hydrogen-bond acceptors (Lipinski definition) is 6. The standard InChI is InChI=1S/C23H26ClNO5/c1-2-27-21(26)16-5-8-20(19(25)13-16)30-14-23(22-28-10-11-29-22)9-3-4-15-12-17(24)6-7-18(15)23/h5-8,12-13,22H,2-4,9-11,14,25H2,1H3/t23-/m0/s1. The van der Waals surface area contributed by atoms with Gasteiger partial charge < -0.3 is 24.7 Å². The SMILES string of the molecule is CCOC(=O)c1ccc(OC[C@@]2(C3OCCO3)CCCc3cc(Cl)ccc32)c(N)c1. The minimum Gasteiger partial charge on any atom is -0.490 e. The normalized spacial score (nSPS) is 21.3. The van der Waals surface area contributed by atoms with Gasteiger partial charge in [-0.3, -0.25) is 0 Å². The third-order valence-corrected chi connectivity index (χ3v) is 5.99. The Kier molecular flexibility index (Phi) is 6.18. The first-order valence-corrected chi connectivity index (χ1v) is 10.6. The molecule has 0 radical (unpaired) electrons. The summed E-state index contributed by atoms with van der Waals surface area (Å²) in [4.78, 5) is 11.9. The number of esters is 1. The van der Waals surface area contributed by atoms with Crippen LogP contribution in [-0.4, -0.2) is 38.7 Å². The van der Waals surface area contributed by atoms with Crippen LogP contribution in [0.2, 0.25) is 5.02 Å². The molecule has 0 saturated carbocycles. The third kappa shape index (κ3) is 4.00. The van der Waals surface area contributed by atoms with Crippen molar-refractivity contribution in [3.05, 3.63) is 58.1 Å². The molecule has 1 heterocycles. The van der Waals surface area contributed by atoms with E-state index in [1.54, 1.807) is 25.1 Å². The summed E-state index contributed by atoms with van der Waals surface area (Å²) in [7, 11) is 0. The molecule has 1 aliphatic heterocycles. The minimum atomic E-state index is -0.457. The lowest BCUT2D eigenvalue weighted by Crippen LogP contribution is -2.47. The van der Waals surface area contributed by atoms with Gasteiger partial charge in [-0.05, 0) is 67.6 Å². The van der Waals surface area contributed by atoms with Crippen molar-refractivity contribution < 1.29 is 23.7 Å². The maximum absolute atomic E-state index is 11.9. The Bertz CT molecular complexity index is 928. The zero-order valence-electron chi connectivity index (χ0n) is 17.0. The number of carbonyl (C=O) groups excluding carboxylic acids is 1. The maximum Gasteiger partial charge on any atom is 0.338 e. The smallest absolute Gasteiger partial charge is 0.338 e. The summed E-state index contributed by atoms with van der Waals surface area (Å²) < 4.78 is 23.1. The highest BCUT2D eigenvalue weighted by Gasteiger charge is 2.47. The molecule has 1 saturated heterocycles. The van der Waals surface area contributed by atoms with Crippen molar-refractivity contribution in [3.63, 3.8) is 0 Å². The second-order valence-electron chi connectivity index (χ2n) is 7.65. The van der Waals surface area contributed by atoms with Gasteiger partial charge in [-0.2, -0.15) is 0 Å². The van der Waals surface area contributed by atoms with Gasteiger partial charge in [-0.1, -0.05) is 17.7 Å². The molecule has 1 atom stereocenters. The number of fused-ring (bicyclic) bond motifs is 1. The largest absolute Gasteiger partial charge is 0.490 e. The molecule has 2 aromatic carbocycles. The number of nitrogen functional groups attached to an aromatic ring is 1. The highest BCUT2D eigenvalue weighted by atomic mass is 35.5. The van der Waals surface area contributed by atoms with Crippen molar-refractivity contribution >= 4 is 23.3 Å². The first-order valence-electron chi connectivity index (χ1n) is 10.2. The quantitative estimate of drug-likeness (QED) is 0.547. The molecule has 2 N–H and O–H groups in total. The Morgan fingerprint density at radius 1 is 1.23 bits per heavy atom. The van der Waals surface area contributed by atoms with Crippen molar-refractivity contribution in [2.45, 2.75) is 37.9 Å². The lowest BCUT2D eigenvalue weighted by Gasteiger charge is -2.41. The molecule has 0 amide bonds. The number of nitrogens with two attached hydrogens (primary N) is 1. The number of anilines is 1. The van der Waals surface area contributed by atoms with Crippen molar-refractivity contribution in [1.82, 2.24) is 0 Å². The highest BCUT2D eigenvalue weighted by molar-refractivity contribution is 6.30. The van der Waals surface area contributed by atoms with E-state index in [1.165, 1.54) is 5.56 Å². The molecule has 2 aromatic rings. The number of carbonyl (C=O) groups is 1. The Morgan fingerprint density at radius 2 is 2.03 bits per heavy atom. The van der Waals surface area contributed by atoms with Gasteiger partial charge in [0.05, 0.1) is 36.5 Å². The van der Waals surface area contributed by atoms with Crippen molar-refractivity contribution in [2.24, 2.45) is 0 Å². The van der Waals surface area contributed by atoms with Crippen LogP contribution in [0.3, 0.4) is 0 Å². The summed E-state index contributed by atoms with van der Waals surface area (Å²) in [6, 6.07) is 10.9. The third-order valence-electron chi connectivity index (χ3n) is 5.75. The van der Waals surface area contributed by atoms with E-state index in [2.05, 4.69) is 6.07 Å². The molecule has 4 rings (SSSR count). The molecule has 30 heavy (non-hydrogen) atoms. The lowest BCUT2D eigenvalue weighted by molar-refractivity contribution is -0.116. The van der Waals surface area contributed by atoms with Crippen molar-refractivity contribution in [3.8, 4) is 5.75 Å². The average Bonchev–Trinajstić information content (AvgIpc) is 3.28. The van der Waals surface area contributed by atoms with Crippen molar-refractivity contribution in [1.29, 1.82) is 0 Å². The fourth-order valence-corrected chi connectivity index (χ4v) is 4.55. The van der Waals surface area contributed by atoms with Crippen LogP contribution in [-0.2, 0) is 26.0 Å². The molecule has 0 spiro atoms. The van der Waals surface area contributed by atoms with E-state index < -0.39 is 17.7 Å². The zero-order valence-corrected chi connectivity index (χ0v) is 17.7. The number of ether oxygens (including phenoxy) is 4. The van der Waals surface area contributed by atoms with Crippen molar-refractivity contribution in [2.75, 3.05) is 32.2 Å². The predicted molar refractivity (Wildman–Crippen MR) is 114 cm³/mol. The Balaban J connectivity index is 1.62. The van der Waals surface area contributed by atoms with Gasteiger partial charge in [0.15, 0.2) is 6.29 Å². The number of benzene rings is 2. The second-order valence-corrected chi connectivity index (χ2v) is 8.08. The summed E-state index contributed by atoms with van der Waals surface area (Å²) in [6.45, 7) is 3.54. The summed E-state index contributed by atoms with van der Waals surface area (Å²) in [5.74, 6) is 0.111.